The fourth-order valence-electron chi connectivity index (χ4n) is 5.32. The van der Waals surface area contributed by atoms with Crippen molar-refractivity contribution in [2.45, 2.75) is 13.3 Å². The van der Waals surface area contributed by atoms with Crippen molar-refractivity contribution in [3.8, 4) is 0 Å². The molecule has 0 aromatic heterocycles. The zero-order valence-corrected chi connectivity index (χ0v) is 24.5. The summed E-state index contributed by atoms with van der Waals surface area (Å²) < 4.78 is 0. The third kappa shape index (κ3) is 5.85. The maximum atomic E-state index is 2.42. The van der Waals surface area contributed by atoms with E-state index in [4.69, 9.17) is 0 Å². The maximum Gasteiger partial charge on any atom is -0.00125 e. The Morgan fingerprint density at radius 1 is 0.375 bits per heavy atom. The van der Waals surface area contributed by atoms with Gasteiger partial charge in [0.2, 0.25) is 0 Å². The van der Waals surface area contributed by atoms with Crippen molar-refractivity contribution < 1.29 is 0 Å². The van der Waals surface area contributed by atoms with Crippen molar-refractivity contribution in [2.24, 2.45) is 0 Å². The molecule has 6 aromatic rings. The van der Waals surface area contributed by atoms with Gasteiger partial charge in [-0.1, -0.05) is 169 Å². The lowest BCUT2D eigenvalue weighted by atomic mass is 10.0. The van der Waals surface area contributed by atoms with Gasteiger partial charge in [-0.25, -0.2) is 0 Å². The lowest BCUT2D eigenvalue weighted by Gasteiger charge is -2.25. The Hall–Kier alpha value is -3.82. The lowest BCUT2D eigenvalue weighted by Crippen LogP contribution is -2.26. The van der Waals surface area contributed by atoms with E-state index < -0.39 is 15.8 Å². The summed E-state index contributed by atoms with van der Waals surface area (Å²) in [6.07, 6.45) is 0.907. The first kappa shape index (κ1) is 26.4. The second kappa shape index (κ2) is 12.6. The molecule has 0 bridgehead atoms. The standard InChI is InChI=1S/C38H32P2/c1-30-26-27-38(40(35-21-10-4-11-22-35)36-23-12-5-13-24-36)32(28-30)29-31-16-14-15-25-37(31)39(33-17-6-2-7-18-33)34-19-8-3-9-20-34/h2-28H,29H2,1H3. The Kier molecular flexibility index (Phi) is 8.30. The van der Waals surface area contributed by atoms with Crippen molar-refractivity contribution in [2.75, 3.05) is 0 Å². The summed E-state index contributed by atoms with van der Waals surface area (Å²) in [4.78, 5) is 0. The van der Waals surface area contributed by atoms with Gasteiger partial charge in [-0.3, -0.25) is 0 Å². The van der Waals surface area contributed by atoms with E-state index in [1.165, 1.54) is 48.5 Å². The maximum absolute atomic E-state index is 2.42. The van der Waals surface area contributed by atoms with Gasteiger partial charge in [0, 0.05) is 0 Å². The molecule has 2 heteroatoms. The van der Waals surface area contributed by atoms with E-state index in [-0.39, 0.29) is 0 Å². The predicted molar refractivity (Wildman–Crippen MR) is 178 cm³/mol. The highest BCUT2D eigenvalue weighted by molar-refractivity contribution is 7.80. The van der Waals surface area contributed by atoms with Crippen molar-refractivity contribution >= 4 is 47.7 Å². The van der Waals surface area contributed by atoms with Crippen LogP contribution in [0.4, 0.5) is 0 Å². The van der Waals surface area contributed by atoms with Crippen LogP contribution < -0.4 is 31.8 Å². The Bertz CT molecular complexity index is 1580. The summed E-state index contributed by atoms with van der Waals surface area (Å²) in [6, 6.07) is 60.3. The van der Waals surface area contributed by atoms with Crippen LogP contribution in [-0.4, -0.2) is 0 Å². The SMILES string of the molecule is Cc1ccc(P(c2ccccc2)c2ccccc2)c(Cc2ccccc2P(c2ccccc2)c2ccccc2)c1. The molecule has 0 saturated carbocycles. The monoisotopic (exact) mass is 550 g/mol. The fourth-order valence-corrected chi connectivity index (χ4v) is 10.2. The van der Waals surface area contributed by atoms with Gasteiger partial charge in [-0.2, -0.15) is 0 Å². The molecule has 6 rings (SSSR count). The molecule has 6 aromatic carbocycles. The van der Waals surface area contributed by atoms with Crippen LogP contribution in [0, 0.1) is 6.92 Å². The molecule has 0 fully saturated rings. The Balaban J connectivity index is 1.49. The van der Waals surface area contributed by atoms with E-state index in [0.29, 0.717) is 0 Å². The van der Waals surface area contributed by atoms with E-state index in [0.717, 1.165) is 6.42 Å². The summed E-state index contributed by atoms with van der Waals surface area (Å²) in [6.45, 7) is 2.22. The van der Waals surface area contributed by atoms with Gasteiger partial charge < -0.3 is 0 Å². The molecule has 0 saturated heterocycles. The number of rotatable bonds is 8. The van der Waals surface area contributed by atoms with Crippen LogP contribution in [0.5, 0.6) is 0 Å². The Morgan fingerprint density at radius 3 is 1.20 bits per heavy atom. The van der Waals surface area contributed by atoms with Crippen molar-refractivity contribution in [1.82, 2.24) is 0 Å². The largest absolute Gasteiger partial charge is 0.0622 e. The minimum atomic E-state index is -0.683. The number of aryl methyl sites for hydroxylation is 1. The average Bonchev–Trinajstić information content (AvgIpc) is 3.02. The van der Waals surface area contributed by atoms with Gasteiger partial charge in [0.1, 0.15) is 0 Å². The third-order valence-electron chi connectivity index (χ3n) is 7.15. The lowest BCUT2D eigenvalue weighted by molar-refractivity contribution is 1.21. The molecule has 194 valence electrons. The highest BCUT2D eigenvalue weighted by Crippen LogP contribution is 2.37. The normalized spacial score (nSPS) is 11.2. The van der Waals surface area contributed by atoms with Crippen molar-refractivity contribution in [3.05, 3.63) is 180 Å². The first-order chi connectivity index (χ1) is 19.8. The molecule has 0 N–H and O–H groups in total. The van der Waals surface area contributed by atoms with Gasteiger partial charge in [0.25, 0.3) is 0 Å². The van der Waals surface area contributed by atoms with Gasteiger partial charge in [0.15, 0.2) is 0 Å². The Labute approximate surface area is 240 Å². The Morgan fingerprint density at radius 2 is 0.750 bits per heavy atom. The zero-order valence-electron chi connectivity index (χ0n) is 22.7. The van der Waals surface area contributed by atoms with Crippen LogP contribution in [-0.2, 0) is 6.42 Å². The summed E-state index contributed by atoms with van der Waals surface area (Å²) >= 11 is 0. The van der Waals surface area contributed by atoms with Crippen LogP contribution in [0.1, 0.15) is 16.7 Å². The summed E-state index contributed by atoms with van der Waals surface area (Å²) in [5, 5.41) is 8.42. The van der Waals surface area contributed by atoms with Crippen LogP contribution in [0.25, 0.3) is 0 Å². The molecular formula is C38H32P2. The van der Waals surface area contributed by atoms with Gasteiger partial charge >= 0.3 is 0 Å². The third-order valence-corrected chi connectivity index (χ3v) is 12.2. The summed E-state index contributed by atoms with van der Waals surface area (Å²) in [5.74, 6) is 0. The van der Waals surface area contributed by atoms with Crippen molar-refractivity contribution in [3.63, 3.8) is 0 Å². The van der Waals surface area contributed by atoms with E-state index in [1.807, 2.05) is 0 Å². The fraction of sp³-hybridized carbons (Fsp3) is 0.0526. The van der Waals surface area contributed by atoms with Gasteiger partial charge in [0.05, 0.1) is 0 Å². The van der Waals surface area contributed by atoms with Crippen LogP contribution in [0.15, 0.2) is 164 Å². The van der Waals surface area contributed by atoms with Gasteiger partial charge in [-0.05, 0) is 72.1 Å². The smallest absolute Gasteiger partial charge is 0.00125 e. The zero-order chi connectivity index (χ0) is 27.1. The first-order valence-electron chi connectivity index (χ1n) is 13.8. The predicted octanol–water partition coefficient (Wildman–Crippen LogP) is 7.10. The second-order valence-corrected chi connectivity index (χ2v) is 14.3. The van der Waals surface area contributed by atoms with E-state index in [2.05, 4.69) is 171 Å². The summed E-state index contributed by atoms with van der Waals surface area (Å²) in [5.41, 5.74) is 4.13. The highest BCUT2D eigenvalue weighted by atomic mass is 31.1. The number of hydrogen-bond acceptors (Lipinski definition) is 0. The molecule has 40 heavy (non-hydrogen) atoms. The molecular weight excluding hydrogens is 518 g/mol. The minimum absolute atomic E-state index is 0.678. The second-order valence-electron chi connectivity index (χ2n) is 9.95. The number of hydrogen-bond donors (Lipinski definition) is 0. The van der Waals surface area contributed by atoms with E-state index in [9.17, 15) is 0 Å². The molecule has 0 aliphatic heterocycles. The van der Waals surface area contributed by atoms with Crippen LogP contribution in [0.2, 0.25) is 0 Å². The molecule has 0 aliphatic carbocycles. The molecule has 0 nitrogen and oxygen atoms in total. The minimum Gasteiger partial charge on any atom is -0.0622 e. The topological polar surface area (TPSA) is 0 Å². The van der Waals surface area contributed by atoms with Crippen molar-refractivity contribution in [1.29, 1.82) is 0 Å². The molecule has 0 radical (unpaired) electrons. The van der Waals surface area contributed by atoms with E-state index in [1.54, 1.807) is 0 Å². The molecule has 0 amide bonds. The van der Waals surface area contributed by atoms with E-state index >= 15 is 0 Å². The van der Waals surface area contributed by atoms with Gasteiger partial charge in [-0.15, -0.1) is 0 Å². The molecule has 0 unspecified atom stereocenters. The highest BCUT2D eigenvalue weighted by Gasteiger charge is 2.23. The van der Waals surface area contributed by atoms with Crippen LogP contribution in [0.3, 0.4) is 0 Å². The average molecular weight is 551 g/mol. The molecule has 0 heterocycles. The summed E-state index contributed by atoms with van der Waals surface area (Å²) in [7, 11) is -1.36. The van der Waals surface area contributed by atoms with Crippen LogP contribution >= 0.6 is 15.8 Å². The molecule has 0 spiro atoms. The quantitative estimate of drug-likeness (QED) is 0.177. The molecule has 0 atom stereocenters. The molecule has 0 aliphatic rings. The first-order valence-corrected chi connectivity index (χ1v) is 16.4. The number of benzene rings is 6.